The van der Waals surface area contributed by atoms with Gasteiger partial charge < -0.3 is 25.4 Å². The number of nitrogens with zero attached hydrogens (tertiary/aromatic N) is 1. The fraction of sp³-hybridized carbons (Fsp3) is 0.607. The van der Waals surface area contributed by atoms with Gasteiger partial charge in [-0.25, -0.2) is 4.79 Å². The van der Waals surface area contributed by atoms with Gasteiger partial charge in [0.1, 0.15) is 17.7 Å². The lowest BCUT2D eigenvalue weighted by molar-refractivity contribution is -0.143. The van der Waals surface area contributed by atoms with E-state index in [0.29, 0.717) is 12.0 Å². The number of unbranched alkanes of at least 4 members (excludes halogenated alkanes) is 2. The second-order valence-corrected chi connectivity index (χ2v) is 10.1. The molecule has 1 aromatic rings. The average Bonchev–Trinajstić information content (AvgIpc) is 2.80. The van der Waals surface area contributed by atoms with Crippen LogP contribution >= 0.6 is 0 Å². The van der Waals surface area contributed by atoms with E-state index in [9.17, 15) is 19.5 Å². The van der Waals surface area contributed by atoms with Crippen molar-refractivity contribution in [1.82, 2.24) is 15.5 Å². The number of nitrogens with one attached hydrogen (secondary N) is 2. The van der Waals surface area contributed by atoms with E-state index in [-0.39, 0.29) is 18.5 Å². The van der Waals surface area contributed by atoms with E-state index in [1.165, 1.54) is 4.90 Å². The first-order valence-corrected chi connectivity index (χ1v) is 12.9. The summed E-state index contributed by atoms with van der Waals surface area (Å²) in [6, 6.07) is 5.05. The van der Waals surface area contributed by atoms with Gasteiger partial charge in [-0.05, 0) is 57.7 Å². The predicted octanol–water partition coefficient (Wildman–Crippen LogP) is 4.58. The highest BCUT2D eigenvalue weighted by molar-refractivity contribution is 5.92. The van der Waals surface area contributed by atoms with E-state index < -0.39 is 36.3 Å². The van der Waals surface area contributed by atoms with Crippen LogP contribution in [0.25, 0.3) is 6.08 Å². The summed E-state index contributed by atoms with van der Waals surface area (Å²) in [7, 11) is 0. The first kappa shape index (κ1) is 31.2. The quantitative estimate of drug-likeness (QED) is 0.322. The van der Waals surface area contributed by atoms with Gasteiger partial charge >= 0.3 is 6.09 Å². The summed E-state index contributed by atoms with van der Waals surface area (Å²) in [5, 5.41) is 15.5. The molecule has 8 nitrogen and oxygen atoms in total. The molecule has 0 aromatic heterocycles. The molecule has 1 rings (SSSR count). The second-order valence-electron chi connectivity index (χ2n) is 10.1. The number of ether oxygens (including phenoxy) is 1. The van der Waals surface area contributed by atoms with Crippen molar-refractivity contribution in [3.05, 3.63) is 42.0 Å². The van der Waals surface area contributed by atoms with Crippen LogP contribution in [0.15, 0.2) is 30.8 Å². The van der Waals surface area contributed by atoms with Crippen LogP contribution in [-0.2, 0) is 14.3 Å². The van der Waals surface area contributed by atoms with Crippen molar-refractivity contribution in [3.8, 4) is 0 Å². The fourth-order valence-electron chi connectivity index (χ4n) is 3.89. The molecule has 0 bridgehead atoms. The molecule has 0 saturated carbocycles. The van der Waals surface area contributed by atoms with Gasteiger partial charge in [-0.15, -0.1) is 0 Å². The lowest BCUT2D eigenvalue weighted by Crippen LogP contribution is -2.55. The summed E-state index contributed by atoms with van der Waals surface area (Å²) >= 11 is 0. The van der Waals surface area contributed by atoms with E-state index in [0.717, 1.165) is 31.2 Å². The minimum absolute atomic E-state index is 0.0753. The smallest absolute Gasteiger partial charge is 0.408 e. The third-order valence-corrected chi connectivity index (χ3v) is 5.59. The maximum atomic E-state index is 13.8. The van der Waals surface area contributed by atoms with Crippen molar-refractivity contribution >= 4 is 24.0 Å². The molecule has 3 amide bonds. The lowest BCUT2D eigenvalue weighted by atomic mass is 9.99. The molecule has 1 aromatic carbocycles. The monoisotopic (exact) mass is 503 g/mol. The van der Waals surface area contributed by atoms with Crippen molar-refractivity contribution in [2.75, 3.05) is 13.2 Å². The van der Waals surface area contributed by atoms with Gasteiger partial charge in [0.2, 0.25) is 11.8 Å². The Morgan fingerprint density at radius 3 is 2.39 bits per heavy atom. The molecule has 0 saturated heterocycles. The van der Waals surface area contributed by atoms with Crippen LogP contribution in [0.4, 0.5) is 4.79 Å². The minimum atomic E-state index is -1.26. The Labute approximate surface area is 216 Å². The highest BCUT2D eigenvalue weighted by atomic mass is 16.6. The number of benzene rings is 1. The number of hydrogen-bond donors (Lipinski definition) is 3. The molecule has 0 aliphatic heterocycles. The molecule has 8 heteroatoms. The first-order valence-electron chi connectivity index (χ1n) is 12.9. The average molecular weight is 504 g/mol. The highest BCUT2D eigenvalue weighted by Gasteiger charge is 2.36. The summed E-state index contributed by atoms with van der Waals surface area (Å²) < 4.78 is 5.28. The Balaban J connectivity index is 3.44. The Hall–Kier alpha value is -2.87. The van der Waals surface area contributed by atoms with Crippen LogP contribution in [0.5, 0.6) is 0 Å². The van der Waals surface area contributed by atoms with Gasteiger partial charge in [0, 0.05) is 12.6 Å². The fourth-order valence-corrected chi connectivity index (χ4v) is 3.89. The number of aliphatic hydroxyl groups excluding tert-OH is 1. The summed E-state index contributed by atoms with van der Waals surface area (Å²) in [6.45, 7) is 14.6. The number of amides is 3. The Kier molecular flexibility index (Phi) is 13.2. The molecule has 0 heterocycles. The molecule has 3 unspecified atom stereocenters. The molecule has 0 aliphatic rings. The van der Waals surface area contributed by atoms with Crippen molar-refractivity contribution in [3.63, 3.8) is 0 Å². The van der Waals surface area contributed by atoms with Crippen LogP contribution < -0.4 is 10.6 Å². The number of carbonyl (C=O) groups excluding carboxylic acids is 3. The van der Waals surface area contributed by atoms with Gasteiger partial charge in [0.05, 0.1) is 6.61 Å². The molecular weight excluding hydrogens is 458 g/mol. The van der Waals surface area contributed by atoms with Gasteiger partial charge in [-0.1, -0.05) is 64.0 Å². The molecule has 202 valence electrons. The highest BCUT2D eigenvalue weighted by Crippen LogP contribution is 2.25. The zero-order valence-electron chi connectivity index (χ0n) is 22.8. The van der Waals surface area contributed by atoms with Crippen LogP contribution in [-0.4, -0.2) is 58.8 Å². The summed E-state index contributed by atoms with van der Waals surface area (Å²) in [5.41, 5.74) is 0.683. The molecule has 0 fully saturated rings. The Morgan fingerprint density at radius 2 is 1.83 bits per heavy atom. The second kappa shape index (κ2) is 15.3. The van der Waals surface area contributed by atoms with E-state index in [2.05, 4.69) is 24.1 Å². The van der Waals surface area contributed by atoms with Crippen LogP contribution in [0.1, 0.15) is 90.8 Å². The van der Waals surface area contributed by atoms with Gasteiger partial charge in [-0.2, -0.15) is 0 Å². The zero-order chi connectivity index (χ0) is 27.3. The summed E-state index contributed by atoms with van der Waals surface area (Å²) in [5.74, 6) is -0.859. The normalized spacial score (nSPS) is 13.8. The Morgan fingerprint density at radius 1 is 1.14 bits per heavy atom. The van der Waals surface area contributed by atoms with Crippen molar-refractivity contribution in [1.29, 1.82) is 0 Å². The van der Waals surface area contributed by atoms with E-state index in [4.69, 9.17) is 4.74 Å². The standard InChI is InChI=1S/C28H45N3O5/c1-8-11-12-17-31(26(34)23(19-32)30-27(35)36-28(5,6)7)24(25(33)29-20(4)14-9-2)22-16-13-15-21(10-3)18-22/h10,13,15-16,18,20,23-24,32H,3,8-9,11-12,14,17,19H2,1-2,4-7H3,(H,29,33)(H,30,35). The number of rotatable bonds is 14. The van der Waals surface area contributed by atoms with Gasteiger partial charge in [0.15, 0.2) is 0 Å². The molecular formula is C28H45N3O5. The topological polar surface area (TPSA) is 108 Å². The zero-order valence-corrected chi connectivity index (χ0v) is 22.8. The van der Waals surface area contributed by atoms with Crippen LogP contribution in [0, 0.1) is 0 Å². The van der Waals surface area contributed by atoms with E-state index in [1.54, 1.807) is 32.9 Å². The van der Waals surface area contributed by atoms with Crippen molar-refractivity contribution in [2.24, 2.45) is 0 Å². The number of alkyl carbamates (subject to hydrolysis) is 1. The predicted molar refractivity (Wildman–Crippen MR) is 143 cm³/mol. The third kappa shape index (κ3) is 10.4. The summed E-state index contributed by atoms with van der Waals surface area (Å²) in [4.78, 5) is 41.2. The molecule has 3 atom stereocenters. The maximum absolute atomic E-state index is 13.8. The van der Waals surface area contributed by atoms with E-state index >= 15 is 0 Å². The number of hydrogen-bond acceptors (Lipinski definition) is 5. The largest absolute Gasteiger partial charge is 0.444 e. The molecule has 36 heavy (non-hydrogen) atoms. The minimum Gasteiger partial charge on any atom is -0.444 e. The number of carbonyl (C=O) groups is 3. The van der Waals surface area contributed by atoms with Crippen LogP contribution in [0.2, 0.25) is 0 Å². The van der Waals surface area contributed by atoms with Gasteiger partial charge in [-0.3, -0.25) is 9.59 Å². The molecule has 0 radical (unpaired) electrons. The molecule has 0 aliphatic carbocycles. The SMILES string of the molecule is C=Cc1cccc(C(C(=O)NC(C)CCC)N(CCCCC)C(=O)C(CO)NC(=O)OC(C)(C)C)c1. The van der Waals surface area contributed by atoms with Crippen molar-refractivity contribution in [2.45, 2.75) is 97.4 Å². The van der Waals surface area contributed by atoms with Crippen molar-refractivity contribution < 1.29 is 24.2 Å². The molecule has 3 N–H and O–H groups in total. The van der Waals surface area contributed by atoms with Gasteiger partial charge in [0.25, 0.3) is 0 Å². The lowest BCUT2D eigenvalue weighted by Gasteiger charge is -2.35. The van der Waals surface area contributed by atoms with E-state index in [1.807, 2.05) is 32.0 Å². The maximum Gasteiger partial charge on any atom is 0.408 e. The third-order valence-electron chi connectivity index (χ3n) is 5.59. The van der Waals surface area contributed by atoms with Crippen LogP contribution in [0.3, 0.4) is 0 Å². The number of aliphatic hydroxyl groups is 1. The first-order chi connectivity index (χ1) is 17.0. The Bertz CT molecular complexity index is 865. The molecule has 0 spiro atoms. The summed E-state index contributed by atoms with van der Waals surface area (Å²) in [6.07, 6.45) is 5.04.